The summed E-state index contributed by atoms with van der Waals surface area (Å²) in [6.07, 6.45) is 0.528. The number of hydrogen-bond donors (Lipinski definition) is 2. The van der Waals surface area contributed by atoms with E-state index in [0.29, 0.717) is 35.8 Å². The van der Waals surface area contributed by atoms with Crippen molar-refractivity contribution in [2.45, 2.75) is 31.3 Å². The van der Waals surface area contributed by atoms with Gasteiger partial charge in [-0.05, 0) is 47.9 Å². The van der Waals surface area contributed by atoms with Crippen LogP contribution < -0.4 is 10.6 Å². The van der Waals surface area contributed by atoms with Gasteiger partial charge in [0.05, 0.1) is 0 Å². The van der Waals surface area contributed by atoms with Crippen molar-refractivity contribution in [2.24, 2.45) is 0 Å². The standard InChI is InChI=1S/C23H21ClN4O4/c24-16-3-1-2-13(8-16)15-10-27(11-15)23(32)25-17-4-5-18-14(9-17)12-28(22(18)31)19-6-7-20(29)26-21(19)30/h1-5,8-9,15,19H,6-7,10-12H2,(H,25,32)(H,26,29,30). The molecule has 3 heterocycles. The van der Waals surface area contributed by atoms with Crippen LogP contribution in [0.1, 0.15) is 40.2 Å². The summed E-state index contributed by atoms with van der Waals surface area (Å²) in [5.41, 5.74) is 2.97. The van der Waals surface area contributed by atoms with Crippen LogP contribution in [0, 0.1) is 0 Å². The molecular formula is C23H21ClN4O4. The maximum Gasteiger partial charge on any atom is 0.321 e. The van der Waals surface area contributed by atoms with E-state index in [2.05, 4.69) is 10.6 Å². The lowest BCUT2D eigenvalue weighted by atomic mass is 9.92. The SMILES string of the molecule is O=C1CCC(N2Cc3cc(NC(=O)N4CC(c5cccc(Cl)c5)C4)ccc3C2=O)C(=O)N1. The number of nitrogens with one attached hydrogen (secondary N) is 2. The minimum Gasteiger partial charge on any atom is -0.323 e. The van der Waals surface area contributed by atoms with Gasteiger partial charge in [0.1, 0.15) is 6.04 Å². The largest absolute Gasteiger partial charge is 0.323 e. The van der Waals surface area contributed by atoms with Crippen molar-refractivity contribution in [1.82, 2.24) is 15.1 Å². The number of benzene rings is 2. The van der Waals surface area contributed by atoms with Crippen LogP contribution in [0.15, 0.2) is 42.5 Å². The molecule has 1 atom stereocenters. The second kappa shape index (κ2) is 7.94. The van der Waals surface area contributed by atoms with Gasteiger partial charge < -0.3 is 15.1 Å². The zero-order valence-corrected chi connectivity index (χ0v) is 17.9. The normalized spacial score (nSPS) is 20.7. The third kappa shape index (κ3) is 3.71. The van der Waals surface area contributed by atoms with E-state index in [9.17, 15) is 19.2 Å². The van der Waals surface area contributed by atoms with Crippen LogP contribution in [0.5, 0.6) is 0 Å². The molecule has 32 heavy (non-hydrogen) atoms. The van der Waals surface area contributed by atoms with Gasteiger partial charge in [0.15, 0.2) is 0 Å². The van der Waals surface area contributed by atoms with Crippen molar-refractivity contribution in [3.63, 3.8) is 0 Å². The molecule has 2 aromatic carbocycles. The molecule has 0 saturated carbocycles. The number of carbonyl (C=O) groups is 4. The fourth-order valence-electron chi connectivity index (χ4n) is 4.47. The number of piperidine rings is 1. The highest BCUT2D eigenvalue weighted by Gasteiger charge is 2.39. The van der Waals surface area contributed by atoms with Gasteiger partial charge in [-0.25, -0.2) is 4.79 Å². The molecule has 0 spiro atoms. The van der Waals surface area contributed by atoms with Crippen LogP contribution in [0.4, 0.5) is 10.5 Å². The lowest BCUT2D eigenvalue weighted by molar-refractivity contribution is -0.136. The van der Waals surface area contributed by atoms with Gasteiger partial charge in [-0.3, -0.25) is 19.7 Å². The van der Waals surface area contributed by atoms with E-state index in [0.717, 1.165) is 11.1 Å². The Morgan fingerprint density at radius 2 is 1.91 bits per heavy atom. The molecule has 3 aliphatic rings. The molecule has 0 radical (unpaired) electrons. The smallest absolute Gasteiger partial charge is 0.321 e. The Hall–Kier alpha value is -3.39. The first kappa shape index (κ1) is 20.5. The number of halogens is 1. The number of amides is 5. The van der Waals surface area contributed by atoms with Crippen molar-refractivity contribution >= 4 is 41.0 Å². The molecule has 164 valence electrons. The fraction of sp³-hybridized carbons (Fsp3) is 0.304. The molecule has 2 saturated heterocycles. The van der Waals surface area contributed by atoms with E-state index in [-0.39, 0.29) is 36.7 Å². The van der Waals surface area contributed by atoms with E-state index in [1.165, 1.54) is 4.90 Å². The number of rotatable bonds is 3. The number of hydrogen-bond acceptors (Lipinski definition) is 4. The van der Waals surface area contributed by atoms with Gasteiger partial charge in [0.25, 0.3) is 5.91 Å². The minimum atomic E-state index is -0.657. The molecule has 5 amide bonds. The van der Waals surface area contributed by atoms with Gasteiger partial charge >= 0.3 is 6.03 Å². The van der Waals surface area contributed by atoms with E-state index in [4.69, 9.17) is 11.6 Å². The second-order valence-electron chi connectivity index (χ2n) is 8.36. The summed E-state index contributed by atoms with van der Waals surface area (Å²) in [5, 5.41) is 5.87. The Bertz CT molecular complexity index is 1140. The highest BCUT2D eigenvalue weighted by atomic mass is 35.5. The van der Waals surface area contributed by atoms with E-state index in [1.807, 2.05) is 24.3 Å². The van der Waals surface area contributed by atoms with Crippen LogP contribution in [0.3, 0.4) is 0 Å². The first-order valence-electron chi connectivity index (χ1n) is 10.5. The third-order valence-corrected chi connectivity index (χ3v) is 6.50. The summed E-state index contributed by atoms with van der Waals surface area (Å²) in [6, 6.07) is 11.9. The molecule has 1 unspecified atom stereocenters. The van der Waals surface area contributed by atoms with Crippen molar-refractivity contribution in [1.29, 1.82) is 0 Å². The maximum atomic E-state index is 12.8. The average Bonchev–Trinajstić information content (AvgIpc) is 3.03. The fourth-order valence-corrected chi connectivity index (χ4v) is 4.67. The van der Waals surface area contributed by atoms with Crippen LogP contribution in [0.2, 0.25) is 5.02 Å². The Morgan fingerprint density at radius 1 is 1.09 bits per heavy atom. The topological polar surface area (TPSA) is 98.8 Å². The molecule has 0 aliphatic carbocycles. The van der Waals surface area contributed by atoms with Crippen molar-refractivity contribution in [3.05, 3.63) is 64.2 Å². The number of urea groups is 1. The summed E-state index contributed by atoms with van der Waals surface area (Å²) in [7, 11) is 0. The van der Waals surface area contributed by atoms with Gasteiger partial charge in [-0.15, -0.1) is 0 Å². The number of imide groups is 1. The van der Waals surface area contributed by atoms with Crippen molar-refractivity contribution in [3.8, 4) is 0 Å². The molecule has 2 N–H and O–H groups in total. The average molecular weight is 453 g/mol. The number of nitrogens with zero attached hydrogens (tertiary/aromatic N) is 2. The number of likely N-dealkylation sites (tertiary alicyclic amines) is 1. The minimum absolute atomic E-state index is 0.199. The molecule has 3 aliphatic heterocycles. The summed E-state index contributed by atoms with van der Waals surface area (Å²) < 4.78 is 0. The first-order valence-corrected chi connectivity index (χ1v) is 10.9. The molecule has 9 heteroatoms. The molecule has 0 aromatic heterocycles. The first-order chi connectivity index (χ1) is 15.4. The van der Waals surface area contributed by atoms with Crippen molar-refractivity contribution < 1.29 is 19.2 Å². The monoisotopic (exact) mass is 452 g/mol. The van der Waals surface area contributed by atoms with E-state index >= 15 is 0 Å². The summed E-state index contributed by atoms with van der Waals surface area (Å²) in [5.74, 6) is -0.731. The van der Waals surface area contributed by atoms with Gasteiger partial charge in [-0.2, -0.15) is 0 Å². The van der Waals surface area contributed by atoms with Crippen LogP contribution in [0.25, 0.3) is 0 Å². The highest BCUT2D eigenvalue weighted by Crippen LogP contribution is 2.31. The van der Waals surface area contributed by atoms with E-state index < -0.39 is 11.9 Å². The van der Waals surface area contributed by atoms with Gasteiger partial charge in [0, 0.05) is 48.2 Å². The van der Waals surface area contributed by atoms with Crippen LogP contribution in [-0.4, -0.2) is 52.7 Å². The Labute approximate surface area is 189 Å². The Morgan fingerprint density at radius 3 is 2.66 bits per heavy atom. The van der Waals surface area contributed by atoms with Crippen molar-refractivity contribution in [2.75, 3.05) is 18.4 Å². The second-order valence-corrected chi connectivity index (χ2v) is 8.80. The Kier molecular flexibility index (Phi) is 5.09. The predicted molar refractivity (Wildman–Crippen MR) is 117 cm³/mol. The molecule has 0 bridgehead atoms. The summed E-state index contributed by atoms with van der Waals surface area (Å²) in [4.78, 5) is 52.2. The molecule has 5 rings (SSSR count). The zero-order chi connectivity index (χ0) is 22.4. The number of carbonyl (C=O) groups excluding carboxylic acids is 4. The molecular weight excluding hydrogens is 432 g/mol. The van der Waals surface area contributed by atoms with Gasteiger partial charge in [0.2, 0.25) is 11.8 Å². The lowest BCUT2D eigenvalue weighted by Crippen LogP contribution is -2.52. The maximum absolute atomic E-state index is 12.8. The summed E-state index contributed by atoms with van der Waals surface area (Å²) >= 11 is 6.05. The Balaban J connectivity index is 1.22. The quantitative estimate of drug-likeness (QED) is 0.699. The third-order valence-electron chi connectivity index (χ3n) is 6.26. The molecule has 2 aromatic rings. The van der Waals surface area contributed by atoms with E-state index in [1.54, 1.807) is 23.1 Å². The number of anilines is 1. The lowest BCUT2D eigenvalue weighted by Gasteiger charge is -2.39. The molecule has 8 nitrogen and oxygen atoms in total. The zero-order valence-electron chi connectivity index (χ0n) is 17.1. The van der Waals surface area contributed by atoms with Crippen LogP contribution in [-0.2, 0) is 16.1 Å². The summed E-state index contributed by atoms with van der Waals surface area (Å²) in [6.45, 7) is 1.49. The van der Waals surface area contributed by atoms with Gasteiger partial charge in [-0.1, -0.05) is 23.7 Å². The number of fused-ring (bicyclic) bond motifs is 1. The predicted octanol–water partition coefficient (Wildman–Crippen LogP) is 2.73. The highest BCUT2D eigenvalue weighted by molar-refractivity contribution is 6.30. The molecule has 2 fully saturated rings. The van der Waals surface area contributed by atoms with Crippen LogP contribution >= 0.6 is 11.6 Å².